The molecule has 0 atom stereocenters. The molecule has 17 heavy (non-hydrogen) atoms. The van der Waals surface area contributed by atoms with E-state index in [-0.39, 0.29) is 0 Å². The molecule has 0 bridgehead atoms. The lowest BCUT2D eigenvalue weighted by molar-refractivity contribution is 0.347. The van der Waals surface area contributed by atoms with E-state index in [9.17, 15) is 0 Å². The SMILES string of the molecule is CCCC1CCN(c2nc(C(C)C)no2)CC1. The topological polar surface area (TPSA) is 42.2 Å². The van der Waals surface area contributed by atoms with Crippen LogP contribution in [0.1, 0.15) is 58.2 Å². The number of aromatic nitrogens is 2. The summed E-state index contributed by atoms with van der Waals surface area (Å²) in [7, 11) is 0. The fraction of sp³-hybridized carbons (Fsp3) is 0.846. The van der Waals surface area contributed by atoms with Gasteiger partial charge in [-0.15, -0.1) is 0 Å². The molecule has 1 aliphatic heterocycles. The zero-order chi connectivity index (χ0) is 12.3. The summed E-state index contributed by atoms with van der Waals surface area (Å²) in [6, 6.07) is 0.712. The zero-order valence-electron chi connectivity index (χ0n) is 11.1. The molecule has 4 nitrogen and oxygen atoms in total. The highest BCUT2D eigenvalue weighted by Crippen LogP contribution is 2.25. The lowest BCUT2D eigenvalue weighted by atomic mass is 9.93. The summed E-state index contributed by atoms with van der Waals surface area (Å²) in [6.45, 7) is 8.55. The summed E-state index contributed by atoms with van der Waals surface area (Å²) in [5, 5.41) is 4.02. The van der Waals surface area contributed by atoms with Gasteiger partial charge in [-0.1, -0.05) is 38.8 Å². The lowest BCUT2D eigenvalue weighted by Gasteiger charge is -2.30. The van der Waals surface area contributed by atoms with E-state index in [1.807, 2.05) is 0 Å². The highest BCUT2D eigenvalue weighted by molar-refractivity contribution is 5.26. The maximum Gasteiger partial charge on any atom is 0.324 e. The van der Waals surface area contributed by atoms with Crippen molar-refractivity contribution in [2.75, 3.05) is 18.0 Å². The van der Waals surface area contributed by atoms with E-state index in [2.05, 4.69) is 35.8 Å². The van der Waals surface area contributed by atoms with Crippen LogP contribution in [-0.4, -0.2) is 23.2 Å². The second-order valence-electron chi connectivity index (χ2n) is 5.31. The third kappa shape index (κ3) is 2.99. The van der Waals surface area contributed by atoms with Gasteiger partial charge in [0.25, 0.3) is 0 Å². The average molecular weight is 237 g/mol. The molecule has 0 unspecified atom stereocenters. The summed E-state index contributed by atoms with van der Waals surface area (Å²) in [4.78, 5) is 6.68. The predicted molar refractivity (Wildman–Crippen MR) is 68.2 cm³/mol. The Balaban J connectivity index is 1.91. The smallest absolute Gasteiger partial charge is 0.324 e. The van der Waals surface area contributed by atoms with E-state index < -0.39 is 0 Å². The van der Waals surface area contributed by atoms with E-state index in [0.717, 1.165) is 24.8 Å². The molecule has 2 heterocycles. The van der Waals surface area contributed by atoms with Crippen LogP contribution in [0, 0.1) is 5.92 Å². The van der Waals surface area contributed by atoms with Crippen molar-refractivity contribution in [3.05, 3.63) is 5.82 Å². The number of rotatable bonds is 4. The maximum absolute atomic E-state index is 5.33. The first-order chi connectivity index (χ1) is 8.20. The summed E-state index contributed by atoms with van der Waals surface area (Å²) in [5.74, 6) is 2.05. The van der Waals surface area contributed by atoms with Gasteiger partial charge in [0, 0.05) is 19.0 Å². The minimum Gasteiger partial charge on any atom is -0.324 e. The van der Waals surface area contributed by atoms with Crippen molar-refractivity contribution in [2.24, 2.45) is 5.92 Å². The standard InChI is InChI=1S/C13H23N3O/c1-4-5-11-6-8-16(9-7-11)13-14-12(10(2)3)15-17-13/h10-11H,4-9H2,1-3H3. The van der Waals surface area contributed by atoms with Crippen LogP contribution in [0.3, 0.4) is 0 Å². The molecule has 0 N–H and O–H groups in total. The van der Waals surface area contributed by atoms with E-state index in [1.54, 1.807) is 0 Å². The van der Waals surface area contributed by atoms with Crippen molar-refractivity contribution in [1.29, 1.82) is 0 Å². The Morgan fingerprint density at radius 2 is 2.06 bits per heavy atom. The van der Waals surface area contributed by atoms with Crippen LogP contribution in [-0.2, 0) is 0 Å². The van der Waals surface area contributed by atoms with Gasteiger partial charge in [-0.05, 0) is 18.8 Å². The average Bonchev–Trinajstić information content (AvgIpc) is 2.80. The third-order valence-corrected chi connectivity index (χ3v) is 3.53. The molecule has 1 aliphatic rings. The molecule has 96 valence electrons. The number of hydrogen-bond donors (Lipinski definition) is 0. The van der Waals surface area contributed by atoms with Gasteiger partial charge in [-0.3, -0.25) is 0 Å². The Labute approximate surface area is 103 Å². The van der Waals surface area contributed by atoms with Gasteiger partial charge in [0.2, 0.25) is 0 Å². The van der Waals surface area contributed by atoms with Gasteiger partial charge in [0.1, 0.15) is 0 Å². The van der Waals surface area contributed by atoms with Crippen molar-refractivity contribution < 1.29 is 4.52 Å². The first kappa shape index (κ1) is 12.4. The molecule has 2 rings (SSSR count). The molecule has 1 aromatic heterocycles. The Kier molecular flexibility index (Phi) is 4.02. The first-order valence-corrected chi connectivity index (χ1v) is 6.79. The molecule has 0 radical (unpaired) electrons. The van der Waals surface area contributed by atoms with Crippen molar-refractivity contribution in [2.45, 2.75) is 52.4 Å². The fourth-order valence-corrected chi connectivity index (χ4v) is 2.41. The molecule has 1 fully saturated rings. The molecule has 0 amide bonds. The van der Waals surface area contributed by atoms with Crippen molar-refractivity contribution in [3.8, 4) is 0 Å². The normalized spacial score (nSPS) is 18.0. The van der Waals surface area contributed by atoms with Crippen molar-refractivity contribution in [3.63, 3.8) is 0 Å². The van der Waals surface area contributed by atoms with Crippen LogP contribution < -0.4 is 4.90 Å². The summed E-state index contributed by atoms with van der Waals surface area (Å²) in [6.07, 6.45) is 5.16. The molecule has 4 heteroatoms. The van der Waals surface area contributed by atoms with Crippen LogP contribution in [0.15, 0.2) is 4.52 Å². The van der Waals surface area contributed by atoms with Crippen molar-refractivity contribution in [1.82, 2.24) is 10.1 Å². The molecular formula is C13H23N3O. The molecule has 0 aliphatic carbocycles. The third-order valence-electron chi connectivity index (χ3n) is 3.53. The fourth-order valence-electron chi connectivity index (χ4n) is 2.41. The Bertz CT molecular complexity index is 340. The maximum atomic E-state index is 5.33. The minimum atomic E-state index is 0.338. The van der Waals surface area contributed by atoms with E-state index in [1.165, 1.54) is 25.7 Å². The molecule has 0 spiro atoms. The number of nitrogens with zero attached hydrogens (tertiary/aromatic N) is 3. The van der Waals surface area contributed by atoms with Crippen LogP contribution in [0.2, 0.25) is 0 Å². The highest BCUT2D eigenvalue weighted by atomic mass is 16.5. The van der Waals surface area contributed by atoms with Gasteiger partial charge < -0.3 is 9.42 Å². The van der Waals surface area contributed by atoms with Crippen LogP contribution in [0.5, 0.6) is 0 Å². The Morgan fingerprint density at radius 1 is 1.35 bits per heavy atom. The number of piperidine rings is 1. The first-order valence-electron chi connectivity index (χ1n) is 6.79. The van der Waals surface area contributed by atoms with E-state index in [0.29, 0.717) is 11.9 Å². The second kappa shape index (κ2) is 5.52. The highest BCUT2D eigenvalue weighted by Gasteiger charge is 2.22. The molecule has 1 aromatic rings. The van der Waals surface area contributed by atoms with E-state index >= 15 is 0 Å². The zero-order valence-corrected chi connectivity index (χ0v) is 11.1. The second-order valence-corrected chi connectivity index (χ2v) is 5.31. The van der Waals surface area contributed by atoms with Gasteiger partial charge in [0.05, 0.1) is 0 Å². The predicted octanol–water partition coefficient (Wildman–Crippen LogP) is 3.21. The van der Waals surface area contributed by atoms with Crippen LogP contribution in [0.25, 0.3) is 0 Å². The number of anilines is 1. The molecule has 0 aromatic carbocycles. The Morgan fingerprint density at radius 3 is 2.59 bits per heavy atom. The molecule has 1 saturated heterocycles. The van der Waals surface area contributed by atoms with Gasteiger partial charge in [-0.2, -0.15) is 4.98 Å². The van der Waals surface area contributed by atoms with Gasteiger partial charge in [0.15, 0.2) is 5.82 Å². The summed E-state index contributed by atoms with van der Waals surface area (Å²) in [5.41, 5.74) is 0. The minimum absolute atomic E-state index is 0.338. The quantitative estimate of drug-likeness (QED) is 0.806. The summed E-state index contributed by atoms with van der Waals surface area (Å²) < 4.78 is 5.33. The lowest BCUT2D eigenvalue weighted by Crippen LogP contribution is -2.33. The van der Waals surface area contributed by atoms with Crippen LogP contribution >= 0.6 is 0 Å². The Hall–Kier alpha value is -1.06. The van der Waals surface area contributed by atoms with E-state index in [4.69, 9.17) is 4.52 Å². The van der Waals surface area contributed by atoms with Crippen LogP contribution in [0.4, 0.5) is 6.01 Å². The van der Waals surface area contributed by atoms with Gasteiger partial charge >= 0.3 is 6.01 Å². The van der Waals surface area contributed by atoms with Crippen molar-refractivity contribution >= 4 is 6.01 Å². The van der Waals surface area contributed by atoms with Gasteiger partial charge in [-0.25, -0.2) is 0 Å². The summed E-state index contributed by atoms with van der Waals surface area (Å²) >= 11 is 0. The largest absolute Gasteiger partial charge is 0.324 e. The molecule has 0 saturated carbocycles. The molecular weight excluding hydrogens is 214 g/mol. The number of hydrogen-bond acceptors (Lipinski definition) is 4. The monoisotopic (exact) mass is 237 g/mol.